The summed E-state index contributed by atoms with van der Waals surface area (Å²) in [6, 6.07) is 8.13. The van der Waals surface area contributed by atoms with Crippen molar-refractivity contribution < 1.29 is 9.53 Å². The molecule has 8 heteroatoms. The number of amides is 1. The first kappa shape index (κ1) is 21.1. The van der Waals surface area contributed by atoms with E-state index in [1.165, 1.54) is 5.57 Å². The Bertz CT molecular complexity index is 1370. The van der Waals surface area contributed by atoms with Gasteiger partial charge in [0.05, 0.1) is 11.4 Å². The average molecular weight is 445 g/mol. The molecule has 0 saturated carbocycles. The standard InChI is InChI=1S/C25H28N6O2/c1-16-14-27-22-6-5-18(15-31(16)22)28-20-7-10-26-23-19(20)13-21(29-23)17-8-11-30(12-9-17)24(32)33-25(2,3)4/h5-8,10,13-15H,9,11-12H2,1-4H3,(H2,26,28,29). The molecule has 0 fully saturated rings. The van der Waals surface area contributed by atoms with Crippen molar-refractivity contribution >= 4 is 39.7 Å². The van der Waals surface area contributed by atoms with Gasteiger partial charge in [0.15, 0.2) is 0 Å². The highest BCUT2D eigenvalue weighted by Crippen LogP contribution is 2.30. The number of aromatic nitrogens is 4. The van der Waals surface area contributed by atoms with E-state index < -0.39 is 5.60 Å². The molecule has 0 aromatic carbocycles. The van der Waals surface area contributed by atoms with Crippen molar-refractivity contribution in [3.05, 3.63) is 60.3 Å². The van der Waals surface area contributed by atoms with Crippen LogP contribution in [0.3, 0.4) is 0 Å². The van der Waals surface area contributed by atoms with Gasteiger partial charge < -0.3 is 24.3 Å². The van der Waals surface area contributed by atoms with Gasteiger partial charge in [-0.05, 0) is 64.0 Å². The van der Waals surface area contributed by atoms with Gasteiger partial charge in [-0.3, -0.25) is 0 Å². The van der Waals surface area contributed by atoms with Crippen molar-refractivity contribution in [1.29, 1.82) is 0 Å². The molecule has 0 unspecified atom stereocenters. The van der Waals surface area contributed by atoms with Crippen LogP contribution in [-0.2, 0) is 4.74 Å². The average Bonchev–Trinajstić information content (AvgIpc) is 3.37. The molecule has 4 aromatic heterocycles. The molecule has 5 rings (SSSR count). The van der Waals surface area contributed by atoms with E-state index in [0.29, 0.717) is 13.1 Å². The summed E-state index contributed by atoms with van der Waals surface area (Å²) in [7, 11) is 0. The summed E-state index contributed by atoms with van der Waals surface area (Å²) in [5.41, 5.74) is 6.49. The number of imidazole rings is 1. The summed E-state index contributed by atoms with van der Waals surface area (Å²) in [6.45, 7) is 8.84. The van der Waals surface area contributed by atoms with Crippen LogP contribution in [0.2, 0.25) is 0 Å². The number of nitrogens with one attached hydrogen (secondary N) is 2. The van der Waals surface area contributed by atoms with Crippen molar-refractivity contribution in [1.82, 2.24) is 24.3 Å². The SMILES string of the molecule is Cc1cnc2ccc(Nc3ccnc4[nH]c(C5=CCN(C(=O)OC(C)(C)C)CC5)cc34)cn12. The second-order valence-electron chi connectivity index (χ2n) is 9.38. The topological polar surface area (TPSA) is 87.5 Å². The summed E-state index contributed by atoms with van der Waals surface area (Å²) < 4.78 is 7.56. The van der Waals surface area contributed by atoms with Gasteiger partial charge in [-0.15, -0.1) is 0 Å². The van der Waals surface area contributed by atoms with E-state index in [1.54, 1.807) is 11.1 Å². The van der Waals surface area contributed by atoms with Crippen LogP contribution >= 0.6 is 0 Å². The van der Waals surface area contributed by atoms with Crippen LogP contribution < -0.4 is 5.32 Å². The van der Waals surface area contributed by atoms with E-state index in [-0.39, 0.29) is 6.09 Å². The van der Waals surface area contributed by atoms with Crippen LogP contribution in [0.25, 0.3) is 22.3 Å². The number of carbonyl (C=O) groups is 1. The number of nitrogens with zero attached hydrogens (tertiary/aromatic N) is 4. The first-order chi connectivity index (χ1) is 15.8. The monoisotopic (exact) mass is 444 g/mol. The molecular weight excluding hydrogens is 416 g/mol. The highest BCUT2D eigenvalue weighted by atomic mass is 16.6. The first-order valence-electron chi connectivity index (χ1n) is 11.1. The molecule has 5 heterocycles. The predicted molar refractivity (Wildman–Crippen MR) is 130 cm³/mol. The zero-order valence-electron chi connectivity index (χ0n) is 19.3. The van der Waals surface area contributed by atoms with Gasteiger partial charge in [0, 0.05) is 48.5 Å². The Kier molecular flexibility index (Phi) is 5.08. The number of H-pyrrole nitrogens is 1. The van der Waals surface area contributed by atoms with Crippen LogP contribution in [0.15, 0.2) is 48.9 Å². The van der Waals surface area contributed by atoms with E-state index in [2.05, 4.69) is 36.8 Å². The van der Waals surface area contributed by atoms with Gasteiger partial charge in [-0.1, -0.05) is 6.08 Å². The molecule has 1 aliphatic rings. The van der Waals surface area contributed by atoms with E-state index in [9.17, 15) is 4.79 Å². The zero-order chi connectivity index (χ0) is 23.2. The van der Waals surface area contributed by atoms with Crippen LogP contribution in [-0.4, -0.2) is 49.0 Å². The third-order valence-electron chi connectivity index (χ3n) is 5.71. The molecule has 170 valence electrons. The van der Waals surface area contributed by atoms with Crippen molar-refractivity contribution in [2.75, 3.05) is 18.4 Å². The molecule has 4 aromatic rings. The Morgan fingerprint density at radius 2 is 2.06 bits per heavy atom. The molecule has 0 radical (unpaired) electrons. The number of anilines is 2. The zero-order valence-corrected chi connectivity index (χ0v) is 19.3. The third kappa shape index (κ3) is 4.28. The molecule has 33 heavy (non-hydrogen) atoms. The number of hydrogen-bond donors (Lipinski definition) is 2. The van der Waals surface area contributed by atoms with Crippen LogP contribution in [0.5, 0.6) is 0 Å². The number of fused-ring (bicyclic) bond motifs is 2. The van der Waals surface area contributed by atoms with E-state index in [4.69, 9.17) is 4.74 Å². The maximum Gasteiger partial charge on any atom is 0.410 e. The molecule has 0 saturated heterocycles. The Morgan fingerprint density at radius 3 is 2.82 bits per heavy atom. The van der Waals surface area contributed by atoms with Gasteiger partial charge in [-0.2, -0.15) is 0 Å². The second kappa shape index (κ2) is 7.95. The molecule has 0 atom stereocenters. The largest absolute Gasteiger partial charge is 0.444 e. The minimum Gasteiger partial charge on any atom is -0.444 e. The number of hydrogen-bond acceptors (Lipinski definition) is 5. The van der Waals surface area contributed by atoms with Crippen molar-refractivity contribution in [3.63, 3.8) is 0 Å². The van der Waals surface area contributed by atoms with Gasteiger partial charge in [-0.25, -0.2) is 14.8 Å². The highest BCUT2D eigenvalue weighted by molar-refractivity contribution is 5.94. The number of carbonyl (C=O) groups excluding carboxylic acids is 1. The summed E-state index contributed by atoms with van der Waals surface area (Å²) in [5.74, 6) is 0. The summed E-state index contributed by atoms with van der Waals surface area (Å²) in [6.07, 6.45) is 8.28. The first-order valence-corrected chi connectivity index (χ1v) is 11.1. The minimum atomic E-state index is -0.492. The molecule has 8 nitrogen and oxygen atoms in total. The fourth-order valence-corrected chi connectivity index (χ4v) is 4.05. The fourth-order valence-electron chi connectivity index (χ4n) is 4.05. The number of pyridine rings is 2. The summed E-state index contributed by atoms with van der Waals surface area (Å²) >= 11 is 0. The fraction of sp³-hybridized carbons (Fsp3) is 0.320. The quantitative estimate of drug-likeness (QED) is 0.448. The number of rotatable bonds is 3. The van der Waals surface area contributed by atoms with Gasteiger partial charge in [0.1, 0.15) is 16.9 Å². The lowest BCUT2D eigenvalue weighted by molar-refractivity contribution is 0.0270. The maximum atomic E-state index is 12.3. The van der Waals surface area contributed by atoms with Crippen molar-refractivity contribution in [2.24, 2.45) is 0 Å². The van der Waals surface area contributed by atoms with Gasteiger partial charge in [0.25, 0.3) is 0 Å². The molecule has 1 amide bonds. The maximum absolute atomic E-state index is 12.3. The van der Waals surface area contributed by atoms with E-state index in [1.807, 2.05) is 58.3 Å². The minimum absolute atomic E-state index is 0.271. The molecule has 0 aliphatic carbocycles. The summed E-state index contributed by atoms with van der Waals surface area (Å²) in [5, 5.41) is 4.54. The van der Waals surface area contributed by atoms with Crippen LogP contribution in [0.4, 0.5) is 16.2 Å². The van der Waals surface area contributed by atoms with E-state index >= 15 is 0 Å². The molecule has 0 spiro atoms. The molecule has 0 bridgehead atoms. The second-order valence-corrected chi connectivity index (χ2v) is 9.38. The Hall–Kier alpha value is -3.81. The smallest absolute Gasteiger partial charge is 0.410 e. The number of aryl methyl sites for hydroxylation is 1. The van der Waals surface area contributed by atoms with E-state index in [0.717, 1.165) is 45.9 Å². The van der Waals surface area contributed by atoms with Crippen molar-refractivity contribution in [3.8, 4) is 0 Å². The lowest BCUT2D eigenvalue weighted by atomic mass is 10.0. The Morgan fingerprint density at radius 1 is 1.21 bits per heavy atom. The van der Waals surface area contributed by atoms with Gasteiger partial charge >= 0.3 is 6.09 Å². The number of ether oxygens (including phenoxy) is 1. The summed E-state index contributed by atoms with van der Waals surface area (Å²) in [4.78, 5) is 26.4. The third-order valence-corrected chi connectivity index (χ3v) is 5.71. The molecule has 2 N–H and O–H groups in total. The Balaban J connectivity index is 1.37. The predicted octanol–water partition coefficient (Wildman–Crippen LogP) is 5.29. The lowest BCUT2D eigenvalue weighted by Crippen LogP contribution is -2.39. The van der Waals surface area contributed by atoms with Crippen LogP contribution in [0, 0.1) is 6.92 Å². The highest BCUT2D eigenvalue weighted by Gasteiger charge is 2.24. The lowest BCUT2D eigenvalue weighted by Gasteiger charge is -2.29. The normalized spacial score (nSPS) is 14.5. The molecular formula is C25H28N6O2. The van der Waals surface area contributed by atoms with Crippen LogP contribution in [0.1, 0.15) is 38.6 Å². The van der Waals surface area contributed by atoms with Crippen molar-refractivity contribution in [2.45, 2.75) is 39.7 Å². The number of aromatic amines is 1. The van der Waals surface area contributed by atoms with Gasteiger partial charge in [0.2, 0.25) is 0 Å². The molecule has 1 aliphatic heterocycles. The Labute approximate surface area is 192 Å².